The molecule has 0 unspecified atom stereocenters. The summed E-state index contributed by atoms with van der Waals surface area (Å²) < 4.78 is 11.0. The second kappa shape index (κ2) is 13.5. The molecule has 3 N–H and O–H groups in total. The molecule has 2 aromatic carbocycles. The fraction of sp³-hybridized carbons (Fsp3) is 0.444. The van der Waals surface area contributed by atoms with Crippen molar-refractivity contribution in [3.05, 3.63) is 65.2 Å². The van der Waals surface area contributed by atoms with Crippen LogP contribution in [0.2, 0.25) is 0 Å². The van der Waals surface area contributed by atoms with Gasteiger partial charge in [0.2, 0.25) is 0 Å². The highest BCUT2D eigenvalue weighted by Gasteiger charge is 2.29. The molecule has 0 atom stereocenters. The number of nitrogens with two attached hydrogens (primary N) is 1. The third-order valence-electron chi connectivity index (χ3n) is 5.19. The topological polar surface area (TPSA) is 106 Å². The van der Waals surface area contributed by atoms with Gasteiger partial charge < -0.3 is 20.3 Å². The SMILES string of the molecule is CCOCCN=C(CCCc1ccc(OC(C)(C)C(=O)O)cc1)N=C(N)Cc1ccc(C)cc1. The van der Waals surface area contributed by atoms with E-state index in [9.17, 15) is 9.90 Å². The first-order valence-electron chi connectivity index (χ1n) is 11.7. The molecule has 7 heteroatoms. The predicted octanol–water partition coefficient (Wildman–Crippen LogP) is 4.59. The molecule has 0 radical (unpaired) electrons. The van der Waals surface area contributed by atoms with E-state index in [2.05, 4.69) is 41.2 Å². The number of aliphatic carboxylic acids is 1. The minimum absolute atomic E-state index is 0.530. The van der Waals surface area contributed by atoms with Gasteiger partial charge >= 0.3 is 5.97 Å². The van der Waals surface area contributed by atoms with Gasteiger partial charge in [-0.3, -0.25) is 4.99 Å². The van der Waals surface area contributed by atoms with E-state index in [4.69, 9.17) is 15.2 Å². The highest BCUT2D eigenvalue weighted by molar-refractivity contribution is 5.97. The Bertz CT molecular complexity index is 964. The quantitative estimate of drug-likeness (QED) is 0.254. The number of hydrogen-bond acceptors (Lipinski definition) is 4. The number of rotatable bonds is 13. The monoisotopic (exact) mass is 467 g/mol. The summed E-state index contributed by atoms with van der Waals surface area (Å²) in [5.41, 5.74) is 8.42. The van der Waals surface area contributed by atoms with Gasteiger partial charge in [0, 0.05) is 19.4 Å². The molecule has 0 aliphatic rings. The Balaban J connectivity index is 1.96. The summed E-state index contributed by atoms with van der Waals surface area (Å²) in [5.74, 6) is 0.798. The van der Waals surface area contributed by atoms with Crippen LogP contribution in [0, 0.1) is 6.92 Å². The number of benzene rings is 2. The van der Waals surface area contributed by atoms with Gasteiger partial charge in [-0.25, -0.2) is 9.79 Å². The van der Waals surface area contributed by atoms with E-state index in [1.807, 2.05) is 19.1 Å². The van der Waals surface area contributed by atoms with Crippen molar-refractivity contribution >= 4 is 17.6 Å². The maximum atomic E-state index is 11.2. The third kappa shape index (κ3) is 9.75. The van der Waals surface area contributed by atoms with Gasteiger partial charge in [-0.1, -0.05) is 42.0 Å². The molecule has 0 bridgehead atoms. The van der Waals surface area contributed by atoms with Crippen LogP contribution in [0.1, 0.15) is 50.3 Å². The normalized spacial score (nSPS) is 12.6. The lowest BCUT2D eigenvalue weighted by molar-refractivity contribution is -0.152. The number of carboxylic acids is 1. The molecule has 34 heavy (non-hydrogen) atoms. The van der Waals surface area contributed by atoms with Crippen LogP contribution in [0.3, 0.4) is 0 Å². The molecule has 2 rings (SSSR count). The van der Waals surface area contributed by atoms with Crippen LogP contribution in [0.5, 0.6) is 5.75 Å². The van der Waals surface area contributed by atoms with E-state index >= 15 is 0 Å². The first-order valence-corrected chi connectivity index (χ1v) is 11.7. The minimum atomic E-state index is -1.27. The van der Waals surface area contributed by atoms with E-state index in [-0.39, 0.29) is 0 Å². The molecule has 2 aromatic rings. The molecule has 0 fully saturated rings. The molecule has 7 nitrogen and oxygen atoms in total. The lowest BCUT2D eigenvalue weighted by Gasteiger charge is -2.21. The molecule has 0 aromatic heterocycles. The molecule has 0 amide bonds. The first-order chi connectivity index (χ1) is 16.2. The van der Waals surface area contributed by atoms with Crippen LogP contribution in [0.4, 0.5) is 0 Å². The van der Waals surface area contributed by atoms with Gasteiger partial charge in [-0.05, 0) is 63.8 Å². The Hall–Kier alpha value is -3.19. The molecule has 0 aliphatic carbocycles. The summed E-state index contributed by atoms with van der Waals surface area (Å²) in [7, 11) is 0. The highest BCUT2D eigenvalue weighted by atomic mass is 16.5. The smallest absolute Gasteiger partial charge is 0.347 e. The van der Waals surface area contributed by atoms with Crippen LogP contribution in [-0.4, -0.2) is 48.1 Å². The third-order valence-corrected chi connectivity index (χ3v) is 5.19. The number of hydrogen-bond donors (Lipinski definition) is 2. The number of amidine groups is 2. The van der Waals surface area contributed by atoms with Crippen LogP contribution in [-0.2, 0) is 22.4 Å². The van der Waals surface area contributed by atoms with Crippen molar-refractivity contribution in [2.24, 2.45) is 15.7 Å². The van der Waals surface area contributed by atoms with Crippen LogP contribution < -0.4 is 10.5 Å². The number of aliphatic imine (C=N–C) groups is 2. The summed E-state index contributed by atoms with van der Waals surface area (Å²) in [6.45, 7) is 8.84. The van der Waals surface area contributed by atoms with Gasteiger partial charge in [0.25, 0.3) is 0 Å². The summed E-state index contributed by atoms with van der Waals surface area (Å²) >= 11 is 0. The summed E-state index contributed by atoms with van der Waals surface area (Å²) in [6.07, 6.45) is 2.97. The maximum absolute atomic E-state index is 11.2. The fourth-order valence-corrected chi connectivity index (χ4v) is 3.19. The molecule has 0 aliphatic heterocycles. The molecule has 184 valence electrons. The van der Waals surface area contributed by atoms with Gasteiger partial charge in [0.05, 0.1) is 13.2 Å². The highest BCUT2D eigenvalue weighted by Crippen LogP contribution is 2.20. The minimum Gasteiger partial charge on any atom is -0.478 e. The van der Waals surface area contributed by atoms with Crippen molar-refractivity contribution in [2.45, 2.75) is 59.0 Å². The van der Waals surface area contributed by atoms with Crippen LogP contribution >= 0.6 is 0 Å². The molecule has 0 saturated heterocycles. The number of carbonyl (C=O) groups is 1. The number of aryl methyl sites for hydroxylation is 2. The van der Waals surface area contributed by atoms with Crippen molar-refractivity contribution in [3.8, 4) is 5.75 Å². The average molecular weight is 468 g/mol. The molecular formula is C27H37N3O4. The lowest BCUT2D eigenvalue weighted by Crippen LogP contribution is -2.37. The second-order valence-corrected chi connectivity index (χ2v) is 8.68. The second-order valence-electron chi connectivity index (χ2n) is 8.68. The maximum Gasteiger partial charge on any atom is 0.347 e. The molecule has 0 saturated carbocycles. The number of carboxylic acid groups (broad SMARTS) is 1. The molecular weight excluding hydrogens is 430 g/mol. The van der Waals surface area contributed by atoms with E-state index in [0.717, 1.165) is 29.8 Å². The number of ether oxygens (including phenoxy) is 2. The Morgan fingerprint density at radius 2 is 1.71 bits per heavy atom. The predicted molar refractivity (Wildman–Crippen MR) is 137 cm³/mol. The largest absolute Gasteiger partial charge is 0.478 e. The van der Waals surface area contributed by atoms with E-state index in [1.165, 1.54) is 19.4 Å². The summed E-state index contributed by atoms with van der Waals surface area (Å²) in [6, 6.07) is 15.8. The van der Waals surface area contributed by atoms with Crippen LogP contribution in [0.25, 0.3) is 0 Å². The first kappa shape index (κ1) is 27.1. The van der Waals surface area contributed by atoms with Gasteiger partial charge in [-0.2, -0.15) is 0 Å². The Kier molecular flexibility index (Phi) is 10.7. The van der Waals surface area contributed by atoms with Crippen molar-refractivity contribution in [1.29, 1.82) is 0 Å². The Morgan fingerprint density at radius 1 is 1.06 bits per heavy atom. The zero-order valence-corrected chi connectivity index (χ0v) is 20.7. The van der Waals surface area contributed by atoms with Gasteiger partial charge in [0.15, 0.2) is 5.60 Å². The van der Waals surface area contributed by atoms with Crippen molar-refractivity contribution in [3.63, 3.8) is 0 Å². The van der Waals surface area contributed by atoms with E-state index in [0.29, 0.717) is 44.2 Å². The van der Waals surface area contributed by atoms with Crippen molar-refractivity contribution < 1.29 is 19.4 Å². The summed E-state index contributed by atoms with van der Waals surface area (Å²) in [5, 5.41) is 9.21. The van der Waals surface area contributed by atoms with Crippen molar-refractivity contribution in [2.75, 3.05) is 19.8 Å². The number of nitrogens with zero attached hydrogens (tertiary/aromatic N) is 2. The van der Waals surface area contributed by atoms with E-state index < -0.39 is 11.6 Å². The summed E-state index contributed by atoms with van der Waals surface area (Å²) in [4.78, 5) is 20.5. The van der Waals surface area contributed by atoms with Crippen molar-refractivity contribution in [1.82, 2.24) is 0 Å². The Morgan fingerprint density at radius 3 is 2.32 bits per heavy atom. The Labute approximate surface area is 202 Å². The molecule has 0 heterocycles. The van der Waals surface area contributed by atoms with Crippen LogP contribution in [0.15, 0.2) is 58.5 Å². The average Bonchev–Trinajstić information content (AvgIpc) is 2.79. The standard InChI is InChI=1S/C27H37N3O4/c1-5-33-18-17-29-25(30-24(28)19-22-11-9-20(2)10-12-22)8-6-7-21-13-15-23(16-14-21)34-27(3,4)26(31)32/h9-16H,5-8,17-19H2,1-4H3,(H,31,32)(H2,28,29,30). The van der Waals surface area contributed by atoms with Gasteiger partial charge in [0.1, 0.15) is 17.4 Å². The van der Waals surface area contributed by atoms with Gasteiger partial charge in [-0.15, -0.1) is 0 Å². The fourth-order valence-electron chi connectivity index (χ4n) is 3.19. The zero-order chi connectivity index (χ0) is 25.0. The van der Waals surface area contributed by atoms with E-state index in [1.54, 1.807) is 12.1 Å². The lowest BCUT2D eigenvalue weighted by atomic mass is 10.1. The molecule has 0 spiro atoms. The zero-order valence-electron chi connectivity index (χ0n) is 20.7.